The smallest absolute Gasteiger partial charge is 0.333 e. The number of hydrogen-bond acceptors (Lipinski definition) is 2. The fourth-order valence-corrected chi connectivity index (χ4v) is 13.2. The first-order valence-corrected chi connectivity index (χ1v) is 19.5. The second kappa shape index (κ2) is 8.17. The number of benzene rings is 5. The predicted molar refractivity (Wildman–Crippen MR) is 190 cm³/mol. The number of rotatable bonds is 1. The summed E-state index contributed by atoms with van der Waals surface area (Å²) in [6, 6.07) is 40.0. The van der Waals surface area contributed by atoms with Gasteiger partial charge in [-0.2, -0.15) is 0 Å². The largest absolute Gasteiger partial charge is 0.377 e. The highest BCUT2D eigenvalue weighted by atomic mass is 28.3. The maximum atomic E-state index is 2.85. The van der Waals surface area contributed by atoms with Gasteiger partial charge in [-0.25, -0.2) is 0 Å². The third-order valence-corrected chi connectivity index (χ3v) is 16.1. The Morgan fingerprint density at radius 1 is 0.659 bits per heavy atom. The molecule has 0 spiro atoms. The highest BCUT2D eigenvalue weighted by Gasteiger charge is 2.62. The van der Waals surface area contributed by atoms with Gasteiger partial charge in [0.15, 0.2) is 0 Å². The molecule has 5 aromatic rings. The molecule has 5 aliphatic rings. The molecule has 0 N–H and O–H groups in total. The second-order valence-corrected chi connectivity index (χ2v) is 19.2. The van der Waals surface area contributed by atoms with Crippen LogP contribution in [0.4, 0.5) is 22.7 Å². The van der Waals surface area contributed by atoms with Crippen molar-refractivity contribution in [3.8, 4) is 22.3 Å². The molecule has 4 heterocycles. The zero-order valence-electron chi connectivity index (χ0n) is 26.1. The zero-order chi connectivity index (χ0) is 29.6. The van der Waals surface area contributed by atoms with E-state index in [1.165, 1.54) is 81.6 Å². The number of para-hydroxylation sites is 3. The van der Waals surface area contributed by atoms with Crippen molar-refractivity contribution in [1.29, 1.82) is 0 Å². The van der Waals surface area contributed by atoms with Gasteiger partial charge in [-0.15, -0.1) is 0 Å². The number of fused-ring (bicyclic) bond motifs is 9. The van der Waals surface area contributed by atoms with Crippen LogP contribution >= 0.6 is 0 Å². The van der Waals surface area contributed by atoms with E-state index in [4.69, 9.17) is 0 Å². The van der Waals surface area contributed by atoms with Crippen molar-refractivity contribution in [2.45, 2.75) is 63.6 Å². The van der Waals surface area contributed by atoms with E-state index in [1.54, 1.807) is 15.9 Å². The van der Waals surface area contributed by atoms with E-state index in [0.717, 1.165) is 0 Å². The summed E-state index contributed by atoms with van der Waals surface area (Å²) in [6.45, 7) is 10.4. The van der Waals surface area contributed by atoms with Gasteiger partial charge < -0.3 is 9.71 Å². The molecule has 214 valence electrons. The maximum Gasteiger partial charge on any atom is 0.333 e. The molecule has 1 fully saturated rings. The van der Waals surface area contributed by atoms with Crippen molar-refractivity contribution in [1.82, 2.24) is 0 Å². The fraction of sp³-hybridized carbons (Fsp3) is 0.250. The normalized spacial score (nSPS) is 24.2. The lowest BCUT2D eigenvalue weighted by Crippen LogP contribution is -2.69. The molecule has 2 nitrogen and oxygen atoms in total. The zero-order valence-corrected chi connectivity index (χ0v) is 27.1. The number of hydrogen-bond donors (Lipinski definition) is 0. The van der Waals surface area contributed by atoms with Crippen LogP contribution in [0.15, 0.2) is 103 Å². The summed E-state index contributed by atoms with van der Waals surface area (Å²) in [5, 5.41) is 3.12. The molecule has 1 aliphatic carbocycles. The molecule has 5 aromatic carbocycles. The summed E-state index contributed by atoms with van der Waals surface area (Å²) in [7, 11) is -1.93. The lowest BCUT2D eigenvalue weighted by molar-refractivity contribution is 0.195. The summed E-state index contributed by atoms with van der Waals surface area (Å²) in [5.41, 5.74) is 15.9. The SMILES string of the molecule is CC12CCCCC1(C)N1c3cc(-c4ccccc4)cc4c3B(c3cccc2c31)N1c2ccccc2[Si](C)(C)c2cccc-4c21. The lowest BCUT2D eigenvalue weighted by atomic mass is 9.43. The summed E-state index contributed by atoms with van der Waals surface area (Å²) in [4.78, 5) is 5.62. The van der Waals surface area contributed by atoms with Gasteiger partial charge in [-0.3, -0.25) is 0 Å². The average Bonchev–Trinajstić information content (AvgIpc) is 3.27. The van der Waals surface area contributed by atoms with E-state index in [0.29, 0.717) is 0 Å². The highest BCUT2D eigenvalue weighted by molar-refractivity contribution is 7.05. The fourth-order valence-electron chi connectivity index (χ4n) is 10.2. The van der Waals surface area contributed by atoms with Gasteiger partial charge in [0.1, 0.15) is 8.07 Å². The summed E-state index contributed by atoms with van der Waals surface area (Å²) < 4.78 is 0. The van der Waals surface area contributed by atoms with E-state index >= 15 is 0 Å². The Kier molecular flexibility index (Phi) is 4.70. The molecule has 0 bridgehead atoms. The third-order valence-electron chi connectivity index (χ3n) is 12.6. The van der Waals surface area contributed by atoms with Gasteiger partial charge in [0.05, 0.1) is 5.54 Å². The molecular formula is C40H37BN2Si. The van der Waals surface area contributed by atoms with Crippen molar-refractivity contribution < 1.29 is 0 Å². The lowest BCUT2D eigenvalue weighted by Gasteiger charge is -2.54. The van der Waals surface area contributed by atoms with E-state index in [2.05, 4.69) is 140 Å². The Morgan fingerprint density at radius 2 is 1.41 bits per heavy atom. The molecule has 10 rings (SSSR count). The van der Waals surface area contributed by atoms with Crippen LogP contribution in [0.1, 0.15) is 45.1 Å². The Labute approximate surface area is 262 Å². The second-order valence-electron chi connectivity index (χ2n) is 14.8. The molecule has 4 heteroatoms. The minimum atomic E-state index is -1.93. The molecule has 0 saturated heterocycles. The molecule has 0 amide bonds. The van der Waals surface area contributed by atoms with E-state index in [9.17, 15) is 0 Å². The van der Waals surface area contributed by atoms with Crippen molar-refractivity contribution in [2.24, 2.45) is 0 Å². The molecule has 2 atom stereocenters. The monoisotopic (exact) mass is 584 g/mol. The predicted octanol–water partition coefficient (Wildman–Crippen LogP) is 7.47. The molecule has 0 radical (unpaired) electrons. The van der Waals surface area contributed by atoms with E-state index < -0.39 is 8.07 Å². The molecule has 4 aliphatic heterocycles. The molecule has 2 unspecified atom stereocenters. The third kappa shape index (κ3) is 2.77. The Morgan fingerprint density at radius 3 is 2.27 bits per heavy atom. The average molecular weight is 585 g/mol. The molecule has 44 heavy (non-hydrogen) atoms. The van der Waals surface area contributed by atoms with E-state index in [-0.39, 0.29) is 17.8 Å². The molecule has 1 saturated carbocycles. The standard InChI is InChI=1S/C40H37BN2Si/c1-39-22-10-11-23-40(39,2)42-33-25-27(26-14-6-5-7-15-26)24-29-28-16-12-21-35-37(28)43(32-19-8-9-20-34(32)44(35,3)4)41(36(29)33)31-18-13-17-30(39)38(31)42/h5-9,12-21,24-25H,10-11,22-23H2,1-4H3. The Bertz CT molecular complexity index is 2070. The van der Waals surface area contributed by atoms with Crippen molar-refractivity contribution in [3.63, 3.8) is 0 Å². The quantitative estimate of drug-likeness (QED) is 0.189. The Hall–Kier alpha value is -4.02. The van der Waals surface area contributed by atoms with Gasteiger partial charge in [0.2, 0.25) is 0 Å². The minimum absolute atomic E-state index is 0.0363. The molecule has 0 aromatic heterocycles. The van der Waals surface area contributed by atoms with Crippen molar-refractivity contribution >= 4 is 59.0 Å². The van der Waals surface area contributed by atoms with Crippen LogP contribution in [0.3, 0.4) is 0 Å². The Balaban J connectivity index is 1.38. The van der Waals surface area contributed by atoms with Crippen LogP contribution in [0.5, 0.6) is 0 Å². The van der Waals surface area contributed by atoms with Crippen LogP contribution in [0.2, 0.25) is 13.1 Å². The van der Waals surface area contributed by atoms with Gasteiger partial charge in [-0.1, -0.05) is 118 Å². The first-order valence-electron chi connectivity index (χ1n) is 16.5. The van der Waals surface area contributed by atoms with Crippen LogP contribution in [0.25, 0.3) is 22.3 Å². The van der Waals surface area contributed by atoms with Crippen LogP contribution in [-0.4, -0.2) is 20.5 Å². The van der Waals surface area contributed by atoms with Crippen LogP contribution < -0.4 is 31.0 Å². The van der Waals surface area contributed by atoms with Crippen LogP contribution in [0, 0.1) is 0 Å². The maximum absolute atomic E-state index is 2.85. The van der Waals surface area contributed by atoms with Crippen LogP contribution in [-0.2, 0) is 5.41 Å². The van der Waals surface area contributed by atoms with Crippen molar-refractivity contribution in [3.05, 3.63) is 109 Å². The van der Waals surface area contributed by atoms with E-state index in [1.807, 2.05) is 0 Å². The summed E-state index contributed by atoms with van der Waals surface area (Å²) >= 11 is 0. The first-order chi connectivity index (χ1) is 21.3. The molecular weight excluding hydrogens is 547 g/mol. The number of anilines is 4. The van der Waals surface area contributed by atoms with Gasteiger partial charge in [0, 0.05) is 33.7 Å². The van der Waals surface area contributed by atoms with Gasteiger partial charge in [0.25, 0.3) is 0 Å². The van der Waals surface area contributed by atoms with Gasteiger partial charge in [-0.05, 0) is 81.5 Å². The summed E-state index contributed by atoms with van der Waals surface area (Å²) in [5.74, 6) is 0. The van der Waals surface area contributed by atoms with Crippen molar-refractivity contribution in [2.75, 3.05) is 9.71 Å². The first kappa shape index (κ1) is 25.3. The highest BCUT2D eigenvalue weighted by Crippen LogP contribution is 2.62. The topological polar surface area (TPSA) is 6.48 Å². The van der Waals surface area contributed by atoms with Gasteiger partial charge >= 0.3 is 6.85 Å². The number of nitrogens with zero attached hydrogens (tertiary/aromatic N) is 2. The minimum Gasteiger partial charge on any atom is -0.377 e. The summed E-state index contributed by atoms with van der Waals surface area (Å²) in [6.07, 6.45) is 5.07.